The van der Waals surface area contributed by atoms with Crippen LogP contribution in [0.15, 0.2) is 46.6 Å². The molecule has 0 atom stereocenters. The lowest BCUT2D eigenvalue weighted by Gasteiger charge is -2.02. The molecule has 1 aliphatic carbocycles. The Morgan fingerprint density at radius 2 is 1.95 bits per heavy atom. The van der Waals surface area contributed by atoms with Crippen molar-refractivity contribution < 1.29 is 9.18 Å². The Hall–Kier alpha value is -2.16. The summed E-state index contributed by atoms with van der Waals surface area (Å²) >= 11 is 0. The van der Waals surface area contributed by atoms with Crippen LogP contribution in [0.1, 0.15) is 32.8 Å². The molecule has 1 aromatic carbocycles. The molecule has 2 aliphatic rings. The van der Waals surface area contributed by atoms with Crippen LogP contribution in [-0.2, 0) is 4.79 Å². The molecule has 1 heterocycles. The van der Waals surface area contributed by atoms with Gasteiger partial charge < -0.3 is 5.32 Å². The second-order valence-electron chi connectivity index (χ2n) is 5.43. The second kappa shape index (κ2) is 4.44. The Morgan fingerprint density at radius 1 is 1.20 bits per heavy atom. The number of carbonyl (C=O) groups is 1. The zero-order valence-corrected chi connectivity index (χ0v) is 11.8. The highest BCUT2D eigenvalue weighted by atomic mass is 19.1. The van der Waals surface area contributed by atoms with Crippen LogP contribution in [0.3, 0.4) is 0 Å². The molecule has 0 saturated carbocycles. The molecule has 0 spiro atoms. The summed E-state index contributed by atoms with van der Waals surface area (Å²) in [6.45, 7) is 6.27. The van der Waals surface area contributed by atoms with Gasteiger partial charge in [-0.15, -0.1) is 0 Å². The van der Waals surface area contributed by atoms with Crippen molar-refractivity contribution >= 4 is 17.2 Å². The molecule has 0 bridgehead atoms. The van der Waals surface area contributed by atoms with Crippen molar-refractivity contribution in [2.45, 2.75) is 27.2 Å². The first-order chi connectivity index (χ1) is 9.47. The fourth-order valence-corrected chi connectivity index (χ4v) is 2.75. The largest absolute Gasteiger partial charge is 0.321 e. The van der Waals surface area contributed by atoms with Gasteiger partial charge in [-0.2, -0.15) is 0 Å². The van der Waals surface area contributed by atoms with Gasteiger partial charge in [0.05, 0.1) is 0 Å². The van der Waals surface area contributed by atoms with Crippen LogP contribution < -0.4 is 5.32 Å². The van der Waals surface area contributed by atoms with E-state index in [2.05, 4.69) is 26.1 Å². The van der Waals surface area contributed by atoms with Crippen LogP contribution in [0, 0.1) is 5.82 Å². The first-order valence-corrected chi connectivity index (χ1v) is 6.67. The Morgan fingerprint density at radius 3 is 2.60 bits per heavy atom. The maximum Gasteiger partial charge on any atom is 0.256 e. The number of halogens is 1. The quantitative estimate of drug-likeness (QED) is 0.760. The standard InChI is InChI=1S/C17H16FNO/c1-9-6-12(11(3)10(9)2)7-15-14-8-13(18)4-5-16(14)19-17(15)20/h4-5,7-8H,6H2,1-3H3,(H,19,20)/b15-7-. The highest BCUT2D eigenvalue weighted by molar-refractivity contribution is 6.31. The van der Waals surface area contributed by atoms with Crippen molar-refractivity contribution in [3.63, 3.8) is 0 Å². The topological polar surface area (TPSA) is 29.1 Å². The van der Waals surface area contributed by atoms with Gasteiger partial charge in [0.2, 0.25) is 0 Å². The number of hydrogen-bond acceptors (Lipinski definition) is 1. The number of fused-ring (bicyclic) bond motifs is 1. The zero-order chi connectivity index (χ0) is 14.4. The monoisotopic (exact) mass is 269 g/mol. The molecule has 3 heteroatoms. The van der Waals surface area contributed by atoms with Crippen molar-refractivity contribution in [2.24, 2.45) is 0 Å². The van der Waals surface area contributed by atoms with E-state index in [0.29, 0.717) is 16.8 Å². The molecule has 1 aliphatic heterocycles. The highest BCUT2D eigenvalue weighted by Gasteiger charge is 2.26. The van der Waals surface area contributed by atoms with E-state index >= 15 is 0 Å². The average Bonchev–Trinajstić information content (AvgIpc) is 2.83. The molecule has 20 heavy (non-hydrogen) atoms. The van der Waals surface area contributed by atoms with Crippen LogP contribution in [-0.4, -0.2) is 5.91 Å². The van der Waals surface area contributed by atoms with Gasteiger partial charge >= 0.3 is 0 Å². The predicted octanol–water partition coefficient (Wildman–Crippen LogP) is 4.22. The summed E-state index contributed by atoms with van der Waals surface area (Å²) in [6.07, 6.45) is 2.76. The van der Waals surface area contributed by atoms with Crippen LogP contribution in [0.25, 0.3) is 5.57 Å². The lowest BCUT2D eigenvalue weighted by molar-refractivity contribution is -0.110. The number of hydrogen-bond donors (Lipinski definition) is 1. The fraction of sp³-hybridized carbons (Fsp3) is 0.235. The summed E-state index contributed by atoms with van der Waals surface area (Å²) in [6, 6.07) is 4.38. The fourth-order valence-electron chi connectivity index (χ4n) is 2.75. The number of amides is 1. The van der Waals surface area contributed by atoms with E-state index in [1.807, 2.05) is 6.08 Å². The Balaban J connectivity index is 2.07. The van der Waals surface area contributed by atoms with Gasteiger partial charge in [0.15, 0.2) is 0 Å². The molecule has 0 saturated heterocycles. The Kier molecular flexibility index (Phi) is 2.85. The maximum absolute atomic E-state index is 13.4. The smallest absolute Gasteiger partial charge is 0.256 e. The molecule has 2 nitrogen and oxygen atoms in total. The lowest BCUT2D eigenvalue weighted by atomic mass is 10.0. The molecule has 1 amide bonds. The van der Waals surface area contributed by atoms with E-state index in [1.54, 1.807) is 6.07 Å². The summed E-state index contributed by atoms with van der Waals surface area (Å²) in [4.78, 5) is 12.1. The van der Waals surface area contributed by atoms with Gasteiger partial charge in [0.25, 0.3) is 5.91 Å². The Bertz CT molecular complexity index is 723. The first-order valence-electron chi connectivity index (χ1n) is 6.67. The van der Waals surface area contributed by atoms with Gasteiger partial charge in [-0.05, 0) is 68.2 Å². The molecule has 0 aromatic heterocycles. The molecule has 0 unspecified atom stereocenters. The maximum atomic E-state index is 13.4. The van der Waals surface area contributed by atoms with Crippen molar-refractivity contribution in [3.8, 4) is 0 Å². The van der Waals surface area contributed by atoms with Gasteiger partial charge in [-0.1, -0.05) is 5.57 Å². The van der Waals surface area contributed by atoms with Crippen LogP contribution in [0.4, 0.5) is 10.1 Å². The minimum Gasteiger partial charge on any atom is -0.321 e. The van der Waals surface area contributed by atoms with Gasteiger partial charge in [-0.3, -0.25) is 4.79 Å². The molecule has 102 valence electrons. The summed E-state index contributed by atoms with van der Waals surface area (Å²) in [5.41, 5.74) is 6.85. The van der Waals surface area contributed by atoms with Gasteiger partial charge in [-0.25, -0.2) is 4.39 Å². The number of allylic oxidation sites excluding steroid dienone is 5. The first kappa shape index (κ1) is 12.9. The van der Waals surface area contributed by atoms with Crippen molar-refractivity contribution in [2.75, 3.05) is 5.32 Å². The van der Waals surface area contributed by atoms with E-state index in [4.69, 9.17) is 0 Å². The van der Waals surface area contributed by atoms with Crippen molar-refractivity contribution in [3.05, 3.63) is 57.9 Å². The zero-order valence-electron chi connectivity index (χ0n) is 11.8. The third kappa shape index (κ3) is 1.90. The summed E-state index contributed by atoms with van der Waals surface area (Å²) < 4.78 is 13.4. The molecule has 1 N–H and O–H groups in total. The minimum absolute atomic E-state index is 0.159. The molecule has 0 fully saturated rings. The van der Waals surface area contributed by atoms with Crippen molar-refractivity contribution in [1.82, 2.24) is 0 Å². The number of nitrogens with one attached hydrogen (secondary N) is 1. The summed E-state index contributed by atoms with van der Waals surface area (Å²) in [7, 11) is 0. The number of rotatable bonds is 1. The van der Waals surface area contributed by atoms with Gasteiger partial charge in [0.1, 0.15) is 5.82 Å². The highest BCUT2D eigenvalue weighted by Crippen LogP contribution is 2.37. The van der Waals surface area contributed by atoms with E-state index < -0.39 is 0 Å². The van der Waals surface area contributed by atoms with E-state index in [9.17, 15) is 9.18 Å². The molecule has 0 radical (unpaired) electrons. The van der Waals surface area contributed by atoms with E-state index in [0.717, 1.165) is 12.0 Å². The van der Waals surface area contributed by atoms with E-state index in [1.165, 1.54) is 28.9 Å². The molecule has 3 rings (SSSR count). The lowest BCUT2D eigenvalue weighted by Crippen LogP contribution is -2.04. The molecular formula is C17H16FNO. The normalized spacial score (nSPS) is 20.0. The molecular weight excluding hydrogens is 253 g/mol. The van der Waals surface area contributed by atoms with Gasteiger partial charge in [0, 0.05) is 16.8 Å². The minimum atomic E-state index is -0.325. The SMILES string of the molecule is CC1=C(C)C(C)=C(/C=C2\C(=O)Nc3ccc(F)cc32)C1. The third-order valence-corrected chi connectivity index (χ3v) is 4.22. The number of carbonyl (C=O) groups excluding carboxylic acids is 1. The third-order valence-electron chi connectivity index (χ3n) is 4.22. The van der Waals surface area contributed by atoms with Crippen molar-refractivity contribution in [1.29, 1.82) is 0 Å². The number of benzene rings is 1. The molecule has 1 aromatic rings. The van der Waals surface area contributed by atoms with E-state index in [-0.39, 0.29) is 11.7 Å². The summed E-state index contributed by atoms with van der Waals surface area (Å²) in [5, 5.41) is 2.78. The number of anilines is 1. The van der Waals surface area contributed by atoms with Crippen LogP contribution in [0.5, 0.6) is 0 Å². The predicted molar refractivity (Wildman–Crippen MR) is 78.7 cm³/mol. The Labute approximate surface area is 117 Å². The van der Waals surface area contributed by atoms with Crippen LogP contribution >= 0.6 is 0 Å². The average molecular weight is 269 g/mol. The summed E-state index contributed by atoms with van der Waals surface area (Å²) in [5.74, 6) is -0.484. The second-order valence-corrected chi connectivity index (χ2v) is 5.43. The van der Waals surface area contributed by atoms with Crippen LogP contribution in [0.2, 0.25) is 0 Å².